The van der Waals surface area contributed by atoms with E-state index in [9.17, 15) is 0 Å². The summed E-state index contributed by atoms with van der Waals surface area (Å²) in [6.45, 7) is 9.49. The molecule has 0 aromatic heterocycles. The van der Waals surface area contributed by atoms with Gasteiger partial charge in [-0.3, -0.25) is 0 Å². The van der Waals surface area contributed by atoms with Crippen LogP contribution in [0.15, 0.2) is 23.3 Å². The second-order valence-electron chi connectivity index (χ2n) is 5.86. The summed E-state index contributed by atoms with van der Waals surface area (Å²) >= 11 is 0. The van der Waals surface area contributed by atoms with Crippen molar-refractivity contribution in [2.75, 3.05) is 0 Å². The molecule has 3 atom stereocenters. The first-order chi connectivity index (χ1) is 7.09. The van der Waals surface area contributed by atoms with E-state index in [1.165, 1.54) is 19.3 Å². The summed E-state index contributed by atoms with van der Waals surface area (Å²) in [5, 5.41) is 0. The van der Waals surface area contributed by atoms with Crippen molar-refractivity contribution in [3.05, 3.63) is 23.3 Å². The highest BCUT2D eigenvalue weighted by molar-refractivity contribution is 5.36. The Kier molecular flexibility index (Phi) is 3.04. The fourth-order valence-electron chi connectivity index (χ4n) is 3.17. The molecule has 2 rings (SSSR count). The zero-order valence-electron chi connectivity index (χ0n) is 10.6. The molecule has 0 N–H and O–H groups in total. The molecule has 3 unspecified atom stereocenters. The molecule has 0 amide bonds. The lowest BCUT2D eigenvalue weighted by Crippen LogP contribution is -2.09. The van der Waals surface area contributed by atoms with Gasteiger partial charge in [0.25, 0.3) is 0 Å². The Morgan fingerprint density at radius 3 is 2.67 bits per heavy atom. The van der Waals surface area contributed by atoms with Crippen LogP contribution in [0.1, 0.15) is 47.0 Å². The minimum atomic E-state index is 0.772. The van der Waals surface area contributed by atoms with Crippen molar-refractivity contribution in [1.82, 2.24) is 0 Å². The molecule has 0 aromatic carbocycles. The van der Waals surface area contributed by atoms with Crippen LogP contribution in [0.4, 0.5) is 0 Å². The molecule has 2 aliphatic carbocycles. The van der Waals surface area contributed by atoms with Crippen LogP contribution in [-0.4, -0.2) is 0 Å². The van der Waals surface area contributed by atoms with Gasteiger partial charge in [0.15, 0.2) is 0 Å². The van der Waals surface area contributed by atoms with Crippen LogP contribution in [0.5, 0.6) is 0 Å². The highest BCUT2D eigenvalue weighted by Gasteiger charge is 2.30. The molecule has 0 aliphatic heterocycles. The van der Waals surface area contributed by atoms with Crippen LogP contribution in [0.3, 0.4) is 0 Å². The second kappa shape index (κ2) is 4.15. The van der Waals surface area contributed by atoms with Gasteiger partial charge in [-0.2, -0.15) is 0 Å². The second-order valence-corrected chi connectivity index (χ2v) is 5.86. The summed E-state index contributed by atoms with van der Waals surface area (Å²) in [5.74, 6) is 3.39. The van der Waals surface area contributed by atoms with Crippen molar-refractivity contribution in [3.8, 4) is 0 Å². The van der Waals surface area contributed by atoms with Crippen LogP contribution in [0, 0.1) is 23.7 Å². The Balaban J connectivity index is 2.22. The molecule has 0 aromatic rings. The fourth-order valence-corrected chi connectivity index (χ4v) is 3.17. The average Bonchev–Trinajstić information content (AvgIpc) is 2.43. The van der Waals surface area contributed by atoms with Gasteiger partial charge in [0.1, 0.15) is 0 Å². The lowest BCUT2D eigenvalue weighted by Gasteiger charge is -2.20. The van der Waals surface area contributed by atoms with Gasteiger partial charge in [0.2, 0.25) is 0 Å². The van der Waals surface area contributed by atoms with Crippen LogP contribution in [-0.2, 0) is 0 Å². The van der Waals surface area contributed by atoms with Crippen molar-refractivity contribution in [2.24, 2.45) is 23.7 Å². The molecular formula is C15H24. The van der Waals surface area contributed by atoms with E-state index in [0.717, 1.165) is 23.7 Å². The molecule has 0 spiro atoms. The molecule has 0 heteroatoms. The Bertz CT molecular complexity index is 293. The van der Waals surface area contributed by atoms with E-state index in [2.05, 4.69) is 39.8 Å². The zero-order valence-corrected chi connectivity index (χ0v) is 10.6. The summed E-state index contributed by atoms with van der Waals surface area (Å²) in [6, 6.07) is 0. The average molecular weight is 204 g/mol. The molecule has 0 nitrogen and oxygen atoms in total. The Labute approximate surface area is 94.5 Å². The van der Waals surface area contributed by atoms with Gasteiger partial charge in [0.05, 0.1) is 0 Å². The van der Waals surface area contributed by atoms with Crippen molar-refractivity contribution >= 4 is 0 Å². The van der Waals surface area contributed by atoms with Crippen LogP contribution in [0.2, 0.25) is 0 Å². The number of allylic oxidation sites excluding steroid dienone is 4. The number of fused-ring (bicyclic) bond motifs is 1. The number of hydrogen-bond donors (Lipinski definition) is 0. The molecule has 1 saturated carbocycles. The standard InChI is InChI=1S/C15H24/c1-10(2)13-7-5-11(3)14-8-6-12(4)15(14)9-13/h6,8,10-11,13-14H,5,7,9H2,1-4H3. The fraction of sp³-hybridized carbons (Fsp3) is 0.733. The highest BCUT2D eigenvalue weighted by atomic mass is 14.4. The maximum absolute atomic E-state index is 2.44. The van der Waals surface area contributed by atoms with E-state index >= 15 is 0 Å². The van der Waals surface area contributed by atoms with Gasteiger partial charge in [-0.05, 0) is 43.9 Å². The normalized spacial score (nSPS) is 35.9. The molecule has 2 aliphatic rings. The predicted octanol–water partition coefficient (Wildman–Crippen LogP) is 4.58. The Morgan fingerprint density at radius 2 is 2.00 bits per heavy atom. The largest absolute Gasteiger partial charge is 0.0768 e. The van der Waals surface area contributed by atoms with Gasteiger partial charge in [-0.15, -0.1) is 0 Å². The topological polar surface area (TPSA) is 0 Å². The summed E-state index contributed by atoms with van der Waals surface area (Å²) in [6.07, 6.45) is 8.98. The van der Waals surface area contributed by atoms with Crippen LogP contribution >= 0.6 is 0 Å². The smallest absolute Gasteiger partial charge is 0.00114 e. The zero-order chi connectivity index (χ0) is 11.0. The summed E-state index contributed by atoms with van der Waals surface area (Å²) in [7, 11) is 0. The molecule has 1 fully saturated rings. The summed E-state index contributed by atoms with van der Waals surface area (Å²) in [4.78, 5) is 0. The van der Waals surface area contributed by atoms with E-state index in [1.807, 2.05) is 0 Å². The number of hydrogen-bond acceptors (Lipinski definition) is 0. The van der Waals surface area contributed by atoms with E-state index in [4.69, 9.17) is 0 Å². The molecule has 15 heavy (non-hydrogen) atoms. The van der Waals surface area contributed by atoms with E-state index in [-0.39, 0.29) is 0 Å². The van der Waals surface area contributed by atoms with E-state index in [0.29, 0.717) is 0 Å². The quantitative estimate of drug-likeness (QED) is 0.586. The predicted molar refractivity (Wildman–Crippen MR) is 66.7 cm³/mol. The Hall–Kier alpha value is -0.520. The SMILES string of the molecule is CC1=C2CC(C(C)C)CCC(C)C2C=C1. The lowest BCUT2D eigenvalue weighted by atomic mass is 9.85. The first-order valence-electron chi connectivity index (χ1n) is 6.47. The first-order valence-corrected chi connectivity index (χ1v) is 6.47. The molecule has 0 heterocycles. The summed E-state index contributed by atoms with van der Waals surface area (Å²) in [5.41, 5.74) is 3.30. The third-order valence-corrected chi connectivity index (χ3v) is 4.49. The Morgan fingerprint density at radius 1 is 1.27 bits per heavy atom. The van der Waals surface area contributed by atoms with Gasteiger partial charge < -0.3 is 0 Å². The first kappa shape index (κ1) is 11.0. The highest BCUT2D eigenvalue weighted by Crippen LogP contribution is 2.43. The molecule has 0 saturated heterocycles. The van der Waals surface area contributed by atoms with E-state index in [1.54, 1.807) is 11.1 Å². The van der Waals surface area contributed by atoms with Crippen molar-refractivity contribution in [1.29, 1.82) is 0 Å². The van der Waals surface area contributed by atoms with Gasteiger partial charge >= 0.3 is 0 Å². The molecule has 0 radical (unpaired) electrons. The third-order valence-electron chi connectivity index (χ3n) is 4.49. The maximum atomic E-state index is 2.44. The van der Waals surface area contributed by atoms with Gasteiger partial charge in [-0.1, -0.05) is 44.1 Å². The van der Waals surface area contributed by atoms with Crippen molar-refractivity contribution in [2.45, 2.75) is 47.0 Å². The lowest BCUT2D eigenvalue weighted by molar-refractivity contribution is 0.346. The minimum Gasteiger partial charge on any atom is -0.0768 e. The van der Waals surface area contributed by atoms with Gasteiger partial charge in [0, 0.05) is 5.92 Å². The van der Waals surface area contributed by atoms with Crippen molar-refractivity contribution < 1.29 is 0 Å². The minimum absolute atomic E-state index is 0.772. The molecule has 0 bridgehead atoms. The van der Waals surface area contributed by atoms with Crippen molar-refractivity contribution in [3.63, 3.8) is 0 Å². The van der Waals surface area contributed by atoms with Crippen LogP contribution < -0.4 is 0 Å². The summed E-state index contributed by atoms with van der Waals surface area (Å²) < 4.78 is 0. The molecular weight excluding hydrogens is 180 g/mol. The van der Waals surface area contributed by atoms with E-state index < -0.39 is 0 Å². The monoisotopic (exact) mass is 204 g/mol. The van der Waals surface area contributed by atoms with Crippen LogP contribution in [0.25, 0.3) is 0 Å². The number of rotatable bonds is 1. The van der Waals surface area contributed by atoms with Gasteiger partial charge in [-0.25, -0.2) is 0 Å². The molecule has 84 valence electrons. The third kappa shape index (κ3) is 2.04. The maximum Gasteiger partial charge on any atom is 0.00114 e.